The first-order chi connectivity index (χ1) is 13.7. The minimum Gasteiger partial charge on any atom is -0.487 e. The first-order valence-electron chi connectivity index (χ1n) is 9.64. The van der Waals surface area contributed by atoms with Crippen molar-refractivity contribution in [2.24, 2.45) is 5.16 Å². The second-order valence-corrected chi connectivity index (χ2v) is 7.19. The van der Waals surface area contributed by atoms with Crippen molar-refractivity contribution in [1.29, 1.82) is 0 Å². The highest BCUT2D eigenvalue weighted by Crippen LogP contribution is 2.23. The maximum atomic E-state index is 13.7. The van der Waals surface area contributed by atoms with Crippen LogP contribution in [0.5, 0.6) is 5.75 Å². The maximum absolute atomic E-state index is 13.7. The highest BCUT2D eigenvalue weighted by atomic mass is 19.1. The van der Waals surface area contributed by atoms with Crippen molar-refractivity contribution in [3.8, 4) is 5.75 Å². The molecule has 0 radical (unpaired) electrons. The summed E-state index contributed by atoms with van der Waals surface area (Å²) in [5.41, 5.74) is 2.05. The third kappa shape index (κ3) is 4.32. The molecule has 0 aromatic heterocycles. The van der Waals surface area contributed by atoms with E-state index in [1.54, 1.807) is 23.1 Å². The Morgan fingerprint density at radius 2 is 1.82 bits per heavy atom. The Morgan fingerprint density at radius 1 is 1.11 bits per heavy atom. The number of rotatable bonds is 5. The Hall–Kier alpha value is -2.89. The SMILES string of the molecule is O=C([C@H]1CC(Cc2ccccc2)=NO1)N1CCC(Oc2ccccc2F)CC1. The van der Waals surface area contributed by atoms with Gasteiger partial charge < -0.3 is 14.5 Å². The minimum absolute atomic E-state index is 0.0313. The fraction of sp³-hybridized carbons (Fsp3) is 0.364. The fourth-order valence-electron chi connectivity index (χ4n) is 3.61. The third-order valence-corrected chi connectivity index (χ3v) is 5.14. The van der Waals surface area contributed by atoms with E-state index in [9.17, 15) is 9.18 Å². The summed E-state index contributed by atoms with van der Waals surface area (Å²) in [7, 11) is 0. The van der Waals surface area contributed by atoms with E-state index in [1.807, 2.05) is 30.3 Å². The first kappa shape index (κ1) is 18.5. The van der Waals surface area contributed by atoms with E-state index in [4.69, 9.17) is 9.57 Å². The predicted octanol–water partition coefficient (Wildman–Crippen LogP) is 3.58. The van der Waals surface area contributed by atoms with Gasteiger partial charge in [0.05, 0.1) is 5.71 Å². The summed E-state index contributed by atoms with van der Waals surface area (Å²) in [6, 6.07) is 16.4. The van der Waals surface area contributed by atoms with Crippen LogP contribution in [0, 0.1) is 5.82 Å². The molecule has 0 spiro atoms. The van der Waals surface area contributed by atoms with Crippen molar-refractivity contribution in [2.45, 2.75) is 37.9 Å². The number of carbonyl (C=O) groups is 1. The van der Waals surface area contributed by atoms with E-state index in [-0.39, 0.29) is 23.6 Å². The van der Waals surface area contributed by atoms with E-state index in [1.165, 1.54) is 6.07 Å². The number of piperidine rings is 1. The number of halogens is 1. The highest BCUT2D eigenvalue weighted by Gasteiger charge is 2.34. The van der Waals surface area contributed by atoms with Gasteiger partial charge in [0.15, 0.2) is 11.6 Å². The minimum atomic E-state index is -0.539. The Balaban J connectivity index is 1.25. The summed E-state index contributed by atoms with van der Waals surface area (Å²) >= 11 is 0. The molecule has 0 unspecified atom stereocenters. The average Bonchev–Trinajstić information content (AvgIpc) is 3.19. The zero-order chi connectivity index (χ0) is 19.3. The van der Waals surface area contributed by atoms with E-state index in [2.05, 4.69) is 5.16 Å². The summed E-state index contributed by atoms with van der Waals surface area (Å²) < 4.78 is 19.5. The van der Waals surface area contributed by atoms with Crippen LogP contribution < -0.4 is 4.74 Å². The summed E-state index contributed by atoms with van der Waals surface area (Å²) in [5.74, 6) is -0.120. The van der Waals surface area contributed by atoms with Crippen LogP contribution in [0.3, 0.4) is 0 Å². The van der Waals surface area contributed by atoms with Crippen molar-refractivity contribution in [2.75, 3.05) is 13.1 Å². The van der Waals surface area contributed by atoms with Crippen molar-refractivity contribution in [1.82, 2.24) is 4.90 Å². The molecule has 6 heteroatoms. The van der Waals surface area contributed by atoms with Crippen LogP contribution in [0.4, 0.5) is 4.39 Å². The predicted molar refractivity (Wildman–Crippen MR) is 104 cm³/mol. The summed E-state index contributed by atoms with van der Waals surface area (Å²) in [5, 5.41) is 4.11. The molecule has 0 aliphatic carbocycles. The number of hydrogen-bond acceptors (Lipinski definition) is 4. The number of para-hydroxylation sites is 1. The van der Waals surface area contributed by atoms with Crippen molar-refractivity contribution in [3.63, 3.8) is 0 Å². The molecule has 28 heavy (non-hydrogen) atoms. The van der Waals surface area contributed by atoms with Gasteiger partial charge in [-0.15, -0.1) is 0 Å². The molecule has 0 N–H and O–H groups in total. The molecule has 2 heterocycles. The van der Waals surface area contributed by atoms with Gasteiger partial charge in [-0.05, 0) is 17.7 Å². The van der Waals surface area contributed by atoms with E-state index >= 15 is 0 Å². The zero-order valence-corrected chi connectivity index (χ0v) is 15.6. The van der Waals surface area contributed by atoms with Gasteiger partial charge >= 0.3 is 0 Å². The number of likely N-dealkylation sites (tertiary alicyclic amines) is 1. The van der Waals surface area contributed by atoms with Gasteiger partial charge in [0.2, 0.25) is 6.10 Å². The second-order valence-electron chi connectivity index (χ2n) is 7.19. The molecular weight excluding hydrogens is 359 g/mol. The monoisotopic (exact) mass is 382 g/mol. The smallest absolute Gasteiger partial charge is 0.266 e. The molecule has 2 aliphatic heterocycles. The Bertz CT molecular complexity index is 848. The lowest BCUT2D eigenvalue weighted by molar-refractivity contribution is -0.143. The van der Waals surface area contributed by atoms with Gasteiger partial charge in [-0.25, -0.2) is 4.39 Å². The van der Waals surface area contributed by atoms with Gasteiger partial charge in [-0.1, -0.05) is 47.6 Å². The van der Waals surface area contributed by atoms with Crippen LogP contribution in [0.25, 0.3) is 0 Å². The zero-order valence-electron chi connectivity index (χ0n) is 15.6. The molecule has 4 rings (SSSR count). The molecule has 1 atom stereocenters. The largest absolute Gasteiger partial charge is 0.487 e. The van der Waals surface area contributed by atoms with Crippen molar-refractivity contribution < 1.29 is 18.8 Å². The normalized spacial score (nSPS) is 19.8. The standard InChI is InChI=1S/C22H23FN2O3/c23-19-8-4-5-9-20(19)27-18-10-12-25(13-11-18)22(26)21-15-17(24-28-21)14-16-6-2-1-3-7-16/h1-9,18,21H,10-15H2/t21-/m1/s1. The molecule has 2 aromatic rings. The number of benzene rings is 2. The number of ether oxygens (including phenoxy) is 1. The Morgan fingerprint density at radius 3 is 2.57 bits per heavy atom. The molecule has 2 aliphatic rings. The molecule has 2 aromatic carbocycles. The molecule has 0 bridgehead atoms. The first-order valence-corrected chi connectivity index (χ1v) is 9.64. The van der Waals surface area contributed by atoms with Gasteiger partial charge in [-0.3, -0.25) is 4.79 Å². The second kappa shape index (κ2) is 8.42. The van der Waals surface area contributed by atoms with Crippen LogP contribution >= 0.6 is 0 Å². The Labute approximate surface area is 163 Å². The van der Waals surface area contributed by atoms with E-state index in [0.717, 1.165) is 11.3 Å². The summed E-state index contributed by atoms with van der Waals surface area (Å²) in [4.78, 5) is 19.9. The van der Waals surface area contributed by atoms with Gasteiger partial charge in [0.1, 0.15) is 6.10 Å². The van der Waals surface area contributed by atoms with Gasteiger partial charge in [0.25, 0.3) is 5.91 Å². The van der Waals surface area contributed by atoms with Crippen LogP contribution in [0.2, 0.25) is 0 Å². The van der Waals surface area contributed by atoms with Crippen molar-refractivity contribution >= 4 is 11.6 Å². The number of oxime groups is 1. The highest BCUT2D eigenvalue weighted by molar-refractivity contribution is 5.94. The maximum Gasteiger partial charge on any atom is 0.266 e. The molecule has 1 fully saturated rings. The summed E-state index contributed by atoms with van der Waals surface area (Å²) in [6.45, 7) is 1.15. The lowest BCUT2D eigenvalue weighted by Gasteiger charge is -2.33. The molecule has 1 amide bonds. The average molecular weight is 382 g/mol. The third-order valence-electron chi connectivity index (χ3n) is 5.14. The molecule has 1 saturated heterocycles. The molecular formula is C22H23FN2O3. The fourth-order valence-corrected chi connectivity index (χ4v) is 3.61. The Kier molecular flexibility index (Phi) is 5.55. The summed E-state index contributed by atoms with van der Waals surface area (Å²) in [6.07, 6.45) is 1.94. The molecule has 5 nitrogen and oxygen atoms in total. The number of carbonyl (C=O) groups excluding carboxylic acids is 1. The number of amides is 1. The molecule has 146 valence electrons. The molecule has 0 saturated carbocycles. The number of hydrogen-bond donors (Lipinski definition) is 0. The van der Waals surface area contributed by atoms with Crippen LogP contribution in [-0.2, 0) is 16.1 Å². The topological polar surface area (TPSA) is 51.1 Å². The van der Waals surface area contributed by atoms with Gasteiger partial charge in [-0.2, -0.15) is 0 Å². The van der Waals surface area contributed by atoms with Crippen molar-refractivity contribution in [3.05, 3.63) is 66.0 Å². The van der Waals surface area contributed by atoms with Crippen LogP contribution in [0.1, 0.15) is 24.8 Å². The lowest BCUT2D eigenvalue weighted by atomic mass is 10.0. The van der Waals surface area contributed by atoms with Crippen LogP contribution in [0.15, 0.2) is 59.8 Å². The van der Waals surface area contributed by atoms with Crippen LogP contribution in [-0.4, -0.2) is 41.8 Å². The van der Waals surface area contributed by atoms with Gasteiger partial charge in [0, 0.05) is 38.8 Å². The quantitative estimate of drug-likeness (QED) is 0.794. The lowest BCUT2D eigenvalue weighted by Crippen LogP contribution is -2.46. The van der Waals surface area contributed by atoms with E-state index < -0.39 is 6.10 Å². The number of nitrogens with zero attached hydrogens (tertiary/aromatic N) is 2. The van der Waals surface area contributed by atoms with E-state index in [0.29, 0.717) is 38.8 Å².